The van der Waals surface area contributed by atoms with E-state index in [1.807, 2.05) is 0 Å². The van der Waals surface area contributed by atoms with Gasteiger partial charge in [-0.1, -0.05) is 0 Å². The van der Waals surface area contributed by atoms with Crippen molar-refractivity contribution in [3.63, 3.8) is 0 Å². The number of anilines is 1. The van der Waals surface area contributed by atoms with E-state index in [-0.39, 0.29) is 15.7 Å². The fourth-order valence-corrected chi connectivity index (χ4v) is 2.55. The predicted octanol–water partition coefficient (Wildman–Crippen LogP) is 0.604. The molecule has 1 aromatic heterocycles. The van der Waals surface area contributed by atoms with Crippen LogP contribution in [0.5, 0.6) is 5.75 Å². The van der Waals surface area contributed by atoms with Crippen molar-refractivity contribution in [2.24, 2.45) is 5.84 Å². The number of nitrogens with two attached hydrogens (primary N) is 1. The molecule has 0 radical (unpaired) electrons. The summed E-state index contributed by atoms with van der Waals surface area (Å²) in [6, 6.07) is 8.80. The quantitative estimate of drug-likeness (QED) is 0.623. The van der Waals surface area contributed by atoms with Gasteiger partial charge in [-0.15, -0.1) is 10.2 Å². The average molecular weight is 280 g/mol. The first-order valence-electron chi connectivity index (χ1n) is 5.27. The van der Waals surface area contributed by atoms with Crippen LogP contribution in [0.4, 0.5) is 5.82 Å². The summed E-state index contributed by atoms with van der Waals surface area (Å²) in [6.45, 7) is 0. The molecule has 3 N–H and O–H groups in total. The highest BCUT2D eigenvalue weighted by Crippen LogP contribution is 2.21. The molecule has 0 bridgehead atoms. The third-order valence-corrected chi connectivity index (χ3v) is 4.09. The van der Waals surface area contributed by atoms with E-state index in [1.54, 1.807) is 12.1 Å². The molecule has 0 atom stereocenters. The molecule has 0 aliphatic carbocycles. The third kappa shape index (κ3) is 2.64. The van der Waals surface area contributed by atoms with Crippen LogP contribution >= 0.6 is 0 Å². The summed E-state index contributed by atoms with van der Waals surface area (Å²) in [5, 5.41) is 7.12. The van der Waals surface area contributed by atoms with Crippen LogP contribution in [0.1, 0.15) is 0 Å². The summed E-state index contributed by atoms with van der Waals surface area (Å²) in [6.07, 6.45) is 0. The minimum Gasteiger partial charge on any atom is -0.497 e. The number of nitrogen functional groups attached to an aromatic ring is 1. The molecular weight excluding hydrogens is 268 g/mol. The number of nitrogens with zero attached hydrogens (tertiary/aromatic N) is 2. The molecule has 2 aromatic rings. The summed E-state index contributed by atoms with van der Waals surface area (Å²) >= 11 is 0. The Morgan fingerprint density at radius 2 is 1.79 bits per heavy atom. The van der Waals surface area contributed by atoms with Gasteiger partial charge in [0.15, 0.2) is 10.8 Å². The van der Waals surface area contributed by atoms with E-state index >= 15 is 0 Å². The molecule has 0 fully saturated rings. The molecule has 0 amide bonds. The second kappa shape index (κ2) is 5.21. The minimum atomic E-state index is -3.69. The SMILES string of the molecule is COc1ccc(S(=O)(=O)c2ccc(NN)nn2)cc1. The molecule has 0 spiro atoms. The lowest BCUT2D eigenvalue weighted by molar-refractivity contribution is 0.414. The van der Waals surface area contributed by atoms with Crippen LogP contribution in [0.2, 0.25) is 0 Å². The van der Waals surface area contributed by atoms with Gasteiger partial charge in [-0.25, -0.2) is 14.3 Å². The summed E-state index contributed by atoms with van der Waals surface area (Å²) < 4.78 is 29.4. The van der Waals surface area contributed by atoms with Crippen LogP contribution in [0.25, 0.3) is 0 Å². The van der Waals surface area contributed by atoms with Crippen molar-refractivity contribution in [3.8, 4) is 5.75 Å². The number of rotatable bonds is 4. The fraction of sp³-hybridized carbons (Fsp3) is 0.0909. The number of hydrogen-bond acceptors (Lipinski definition) is 7. The smallest absolute Gasteiger partial charge is 0.225 e. The molecule has 2 rings (SSSR count). The molecule has 8 heteroatoms. The van der Waals surface area contributed by atoms with Gasteiger partial charge < -0.3 is 10.2 Å². The first-order valence-corrected chi connectivity index (χ1v) is 6.76. The number of hydrazine groups is 1. The number of hydrogen-bond donors (Lipinski definition) is 2. The van der Waals surface area contributed by atoms with E-state index in [0.29, 0.717) is 5.75 Å². The zero-order valence-corrected chi connectivity index (χ0v) is 10.9. The largest absolute Gasteiger partial charge is 0.497 e. The zero-order valence-electron chi connectivity index (χ0n) is 10.1. The summed E-state index contributed by atoms with van der Waals surface area (Å²) in [7, 11) is -2.18. The summed E-state index contributed by atoms with van der Waals surface area (Å²) in [5.74, 6) is 6.00. The van der Waals surface area contributed by atoms with Gasteiger partial charge >= 0.3 is 0 Å². The summed E-state index contributed by atoms with van der Waals surface area (Å²) in [4.78, 5) is 0.121. The lowest BCUT2D eigenvalue weighted by Gasteiger charge is -2.05. The highest BCUT2D eigenvalue weighted by molar-refractivity contribution is 7.91. The third-order valence-electron chi connectivity index (χ3n) is 2.43. The van der Waals surface area contributed by atoms with E-state index in [1.165, 1.54) is 31.4 Å². The molecular formula is C11H12N4O3S. The van der Waals surface area contributed by atoms with Crippen LogP contribution in [0, 0.1) is 0 Å². The Bertz CT molecular complexity index is 600. The molecule has 0 saturated heterocycles. The van der Waals surface area contributed by atoms with Crippen molar-refractivity contribution in [3.05, 3.63) is 36.4 Å². The fourth-order valence-electron chi connectivity index (χ4n) is 1.42. The number of benzene rings is 1. The van der Waals surface area contributed by atoms with Gasteiger partial charge in [0.2, 0.25) is 9.84 Å². The van der Waals surface area contributed by atoms with Crippen molar-refractivity contribution in [1.29, 1.82) is 0 Å². The maximum Gasteiger partial charge on any atom is 0.225 e. The Morgan fingerprint density at radius 1 is 1.11 bits per heavy atom. The standard InChI is InChI=1S/C11H12N4O3S/c1-18-8-2-4-9(5-3-8)19(16,17)11-7-6-10(13-12)14-15-11/h2-7H,12H2,1H3,(H,13,14). The molecule has 0 aliphatic rings. The van der Waals surface area contributed by atoms with E-state index in [0.717, 1.165) is 0 Å². The number of nitrogens with one attached hydrogen (secondary N) is 1. The maximum absolute atomic E-state index is 12.2. The van der Waals surface area contributed by atoms with Crippen molar-refractivity contribution in [1.82, 2.24) is 10.2 Å². The van der Waals surface area contributed by atoms with E-state index in [9.17, 15) is 8.42 Å². The van der Waals surface area contributed by atoms with Crippen molar-refractivity contribution >= 4 is 15.7 Å². The Kier molecular flexibility index (Phi) is 3.63. The van der Waals surface area contributed by atoms with Crippen molar-refractivity contribution in [2.45, 2.75) is 9.92 Å². The summed E-state index contributed by atoms with van der Waals surface area (Å²) in [5.41, 5.74) is 2.28. The molecule has 0 saturated carbocycles. The van der Waals surface area contributed by atoms with Crippen LogP contribution in [0.15, 0.2) is 46.3 Å². The Hall–Kier alpha value is -2.19. The van der Waals surface area contributed by atoms with E-state index < -0.39 is 9.84 Å². The second-order valence-electron chi connectivity index (χ2n) is 3.58. The molecule has 100 valence electrons. The Labute approximate surface area is 110 Å². The Morgan fingerprint density at radius 3 is 2.26 bits per heavy atom. The van der Waals surface area contributed by atoms with E-state index in [4.69, 9.17) is 10.6 Å². The van der Waals surface area contributed by atoms with Gasteiger partial charge in [0, 0.05) is 0 Å². The lowest BCUT2D eigenvalue weighted by Crippen LogP contribution is -2.11. The molecule has 0 aliphatic heterocycles. The first-order chi connectivity index (χ1) is 9.07. The highest BCUT2D eigenvalue weighted by atomic mass is 32.2. The highest BCUT2D eigenvalue weighted by Gasteiger charge is 2.19. The zero-order chi connectivity index (χ0) is 13.9. The van der Waals surface area contributed by atoms with Crippen molar-refractivity contribution < 1.29 is 13.2 Å². The Balaban J connectivity index is 2.39. The van der Waals surface area contributed by atoms with Gasteiger partial charge in [0.05, 0.1) is 12.0 Å². The van der Waals surface area contributed by atoms with Gasteiger partial charge in [-0.3, -0.25) is 0 Å². The van der Waals surface area contributed by atoms with Gasteiger partial charge in [-0.05, 0) is 36.4 Å². The van der Waals surface area contributed by atoms with Crippen LogP contribution < -0.4 is 16.0 Å². The normalized spacial score (nSPS) is 11.1. The number of methoxy groups -OCH3 is 1. The average Bonchev–Trinajstić information content (AvgIpc) is 2.47. The van der Waals surface area contributed by atoms with Crippen molar-refractivity contribution in [2.75, 3.05) is 12.5 Å². The minimum absolute atomic E-state index is 0.121. The first kappa shape index (κ1) is 13.2. The molecule has 19 heavy (non-hydrogen) atoms. The number of sulfone groups is 1. The van der Waals surface area contributed by atoms with Gasteiger partial charge in [0.25, 0.3) is 0 Å². The lowest BCUT2D eigenvalue weighted by atomic mass is 10.3. The predicted molar refractivity (Wildman–Crippen MR) is 68.3 cm³/mol. The monoisotopic (exact) mass is 280 g/mol. The molecule has 1 heterocycles. The van der Waals surface area contributed by atoms with Crippen LogP contribution in [-0.4, -0.2) is 25.7 Å². The molecule has 7 nitrogen and oxygen atoms in total. The van der Waals surface area contributed by atoms with Gasteiger partial charge in [-0.2, -0.15) is 0 Å². The molecule has 1 aromatic carbocycles. The van der Waals surface area contributed by atoms with Gasteiger partial charge in [0.1, 0.15) is 5.75 Å². The van der Waals surface area contributed by atoms with E-state index in [2.05, 4.69) is 15.6 Å². The maximum atomic E-state index is 12.2. The second-order valence-corrected chi connectivity index (χ2v) is 5.48. The number of aromatic nitrogens is 2. The topological polar surface area (TPSA) is 107 Å². The number of ether oxygens (including phenoxy) is 1. The van der Waals surface area contributed by atoms with Crippen LogP contribution in [0.3, 0.4) is 0 Å². The molecule has 0 unspecified atom stereocenters. The van der Waals surface area contributed by atoms with Crippen LogP contribution in [-0.2, 0) is 9.84 Å².